The van der Waals surface area contributed by atoms with Gasteiger partial charge in [0.15, 0.2) is 0 Å². The average molecular weight is 245 g/mol. The van der Waals surface area contributed by atoms with E-state index in [1.807, 2.05) is 12.3 Å². The third kappa shape index (κ3) is 3.01. The Labute approximate surface area is 105 Å². The van der Waals surface area contributed by atoms with E-state index in [0.717, 1.165) is 23.4 Å². The van der Waals surface area contributed by atoms with E-state index in [0.29, 0.717) is 0 Å². The van der Waals surface area contributed by atoms with E-state index in [-0.39, 0.29) is 5.92 Å². The maximum atomic E-state index is 11.2. The smallest absolute Gasteiger partial charge is 0.130 e. The fraction of sp³-hybridized carbons (Fsp3) is 0.286. The molecular weight excluding hydrogens is 230 g/mol. The van der Waals surface area contributed by atoms with E-state index in [1.165, 1.54) is 11.1 Å². The molecule has 0 aliphatic carbocycles. The lowest BCUT2D eigenvalue weighted by Gasteiger charge is -2.07. The minimum absolute atomic E-state index is 0.114. The molecule has 1 aromatic heterocycles. The molecule has 2 nitrogen and oxygen atoms in total. The molecule has 1 heterocycles. The van der Waals surface area contributed by atoms with Crippen LogP contribution in [0.1, 0.15) is 27.7 Å². The van der Waals surface area contributed by atoms with Crippen LogP contribution in [0.4, 0.5) is 0 Å². The van der Waals surface area contributed by atoms with Gasteiger partial charge in [0.1, 0.15) is 11.3 Å². The van der Waals surface area contributed by atoms with Crippen LogP contribution in [0.15, 0.2) is 29.6 Å². The van der Waals surface area contributed by atoms with Crippen molar-refractivity contribution in [2.75, 3.05) is 0 Å². The lowest BCUT2D eigenvalue weighted by Crippen LogP contribution is -2.04. The first-order valence-electron chi connectivity index (χ1n) is 5.62. The molecule has 0 bridgehead atoms. The molecule has 0 saturated heterocycles. The minimum atomic E-state index is -0.114. The Balaban J connectivity index is 2.15. The number of carbonyl (C=O) groups is 1. The molecule has 0 radical (unpaired) electrons. The Bertz CT molecular complexity index is 501. The van der Waals surface area contributed by atoms with Crippen LogP contribution in [0, 0.1) is 13.8 Å². The van der Waals surface area contributed by atoms with Gasteiger partial charge in [0.25, 0.3) is 0 Å². The van der Waals surface area contributed by atoms with Crippen molar-refractivity contribution in [1.82, 2.24) is 4.98 Å². The molecule has 0 aliphatic rings. The minimum Gasteiger partial charge on any atom is -0.303 e. The zero-order valence-electron chi connectivity index (χ0n) is 10.0. The number of aryl methyl sites for hydroxylation is 2. The van der Waals surface area contributed by atoms with E-state index in [9.17, 15) is 4.79 Å². The summed E-state index contributed by atoms with van der Waals surface area (Å²) in [6.07, 6.45) is 1.73. The van der Waals surface area contributed by atoms with E-state index in [2.05, 4.69) is 36.2 Å². The second-order valence-corrected chi connectivity index (χ2v) is 5.15. The molecule has 0 fully saturated rings. The third-order valence-corrected chi connectivity index (χ3v) is 3.79. The highest BCUT2D eigenvalue weighted by atomic mass is 32.1. The zero-order valence-corrected chi connectivity index (χ0v) is 10.8. The van der Waals surface area contributed by atoms with Gasteiger partial charge >= 0.3 is 0 Å². The van der Waals surface area contributed by atoms with Gasteiger partial charge in [0.05, 0.1) is 5.92 Å². The quantitative estimate of drug-likeness (QED) is 0.774. The highest BCUT2D eigenvalue weighted by Crippen LogP contribution is 2.22. The van der Waals surface area contributed by atoms with Gasteiger partial charge in [-0.2, -0.15) is 0 Å². The number of carbonyl (C=O) groups excluding carboxylic acids is 1. The Morgan fingerprint density at radius 1 is 1.29 bits per heavy atom. The topological polar surface area (TPSA) is 30.0 Å². The first-order valence-corrected chi connectivity index (χ1v) is 6.50. The van der Waals surface area contributed by atoms with Crippen LogP contribution in [0.5, 0.6) is 0 Å². The Hall–Kier alpha value is -1.48. The molecule has 17 heavy (non-hydrogen) atoms. The van der Waals surface area contributed by atoms with Crippen LogP contribution in [0.25, 0.3) is 0 Å². The van der Waals surface area contributed by atoms with Gasteiger partial charge < -0.3 is 4.79 Å². The van der Waals surface area contributed by atoms with Gasteiger partial charge in [-0.1, -0.05) is 29.8 Å². The molecule has 0 saturated carbocycles. The number of nitrogens with zero attached hydrogens (tertiary/aromatic N) is 1. The summed E-state index contributed by atoms with van der Waals surface area (Å²) in [5, 5.41) is 2.90. The van der Waals surface area contributed by atoms with E-state index >= 15 is 0 Å². The van der Waals surface area contributed by atoms with E-state index < -0.39 is 0 Å². The first kappa shape index (κ1) is 12.0. The summed E-state index contributed by atoms with van der Waals surface area (Å²) in [7, 11) is 0. The molecular formula is C14H15NOS. The number of aromatic nitrogens is 1. The Kier molecular flexibility index (Phi) is 3.69. The summed E-state index contributed by atoms with van der Waals surface area (Å²) in [6.45, 7) is 4.01. The second-order valence-electron chi connectivity index (χ2n) is 4.26. The first-order chi connectivity index (χ1) is 8.19. The molecule has 88 valence electrons. The van der Waals surface area contributed by atoms with Crippen molar-refractivity contribution in [2.45, 2.75) is 26.2 Å². The molecule has 1 aromatic carbocycles. The van der Waals surface area contributed by atoms with E-state index in [1.54, 1.807) is 11.3 Å². The molecule has 0 aliphatic heterocycles. The van der Waals surface area contributed by atoms with Crippen molar-refractivity contribution >= 4 is 17.6 Å². The monoisotopic (exact) mass is 245 g/mol. The molecule has 2 rings (SSSR count). The molecule has 1 unspecified atom stereocenters. The Morgan fingerprint density at radius 3 is 2.53 bits per heavy atom. The number of benzene rings is 1. The highest BCUT2D eigenvalue weighted by Gasteiger charge is 2.14. The highest BCUT2D eigenvalue weighted by molar-refractivity contribution is 7.09. The lowest BCUT2D eigenvalue weighted by molar-refractivity contribution is -0.109. The molecule has 0 spiro atoms. The number of aldehydes is 1. The second kappa shape index (κ2) is 5.23. The standard InChI is InChI=1S/C14H15NOS/c1-10-3-5-12(6-4-10)7-13(8-16)14-15-11(2)9-17-14/h3-6,8-9,13H,7H2,1-2H3. The predicted molar refractivity (Wildman–Crippen MR) is 70.5 cm³/mol. The van der Waals surface area contributed by atoms with Crippen LogP contribution in [0.2, 0.25) is 0 Å². The predicted octanol–water partition coefficient (Wildman–Crippen LogP) is 3.29. The normalized spacial score (nSPS) is 12.4. The summed E-state index contributed by atoms with van der Waals surface area (Å²) in [4.78, 5) is 15.5. The number of hydrogen-bond acceptors (Lipinski definition) is 3. The van der Waals surface area contributed by atoms with Gasteiger partial charge in [-0.15, -0.1) is 11.3 Å². The maximum Gasteiger partial charge on any atom is 0.130 e. The summed E-state index contributed by atoms with van der Waals surface area (Å²) < 4.78 is 0. The number of thiazole rings is 1. The van der Waals surface area contributed by atoms with Crippen molar-refractivity contribution in [3.05, 3.63) is 51.5 Å². The molecule has 0 amide bonds. The van der Waals surface area contributed by atoms with Gasteiger partial charge in [-0.3, -0.25) is 0 Å². The van der Waals surface area contributed by atoms with Gasteiger partial charge in [-0.25, -0.2) is 4.98 Å². The van der Waals surface area contributed by atoms with Crippen molar-refractivity contribution in [2.24, 2.45) is 0 Å². The van der Waals surface area contributed by atoms with Gasteiger partial charge in [0, 0.05) is 11.1 Å². The number of hydrogen-bond donors (Lipinski definition) is 0. The van der Waals surface area contributed by atoms with Crippen molar-refractivity contribution in [3.8, 4) is 0 Å². The fourth-order valence-electron chi connectivity index (χ4n) is 1.71. The van der Waals surface area contributed by atoms with Crippen molar-refractivity contribution in [3.63, 3.8) is 0 Å². The van der Waals surface area contributed by atoms with Gasteiger partial charge in [0.2, 0.25) is 0 Å². The molecule has 0 N–H and O–H groups in total. The van der Waals surface area contributed by atoms with Crippen LogP contribution in [-0.2, 0) is 11.2 Å². The van der Waals surface area contributed by atoms with Crippen LogP contribution in [-0.4, -0.2) is 11.3 Å². The van der Waals surface area contributed by atoms with Crippen molar-refractivity contribution in [1.29, 1.82) is 0 Å². The molecule has 1 atom stereocenters. The van der Waals surface area contributed by atoms with Gasteiger partial charge in [-0.05, 0) is 25.8 Å². The average Bonchev–Trinajstić information content (AvgIpc) is 2.75. The SMILES string of the molecule is Cc1ccc(CC(C=O)c2nc(C)cs2)cc1. The number of rotatable bonds is 4. The molecule has 3 heteroatoms. The van der Waals surface area contributed by atoms with Crippen LogP contribution < -0.4 is 0 Å². The third-order valence-electron chi connectivity index (χ3n) is 2.69. The van der Waals surface area contributed by atoms with Crippen LogP contribution >= 0.6 is 11.3 Å². The summed E-state index contributed by atoms with van der Waals surface area (Å²) in [5.41, 5.74) is 3.41. The summed E-state index contributed by atoms with van der Waals surface area (Å²) in [6, 6.07) is 8.30. The van der Waals surface area contributed by atoms with Crippen molar-refractivity contribution < 1.29 is 4.79 Å². The zero-order chi connectivity index (χ0) is 12.3. The molecule has 2 aromatic rings. The summed E-state index contributed by atoms with van der Waals surface area (Å²) >= 11 is 1.56. The Morgan fingerprint density at radius 2 is 2.00 bits per heavy atom. The largest absolute Gasteiger partial charge is 0.303 e. The summed E-state index contributed by atoms with van der Waals surface area (Å²) in [5.74, 6) is -0.114. The maximum absolute atomic E-state index is 11.2. The van der Waals surface area contributed by atoms with E-state index in [4.69, 9.17) is 0 Å². The lowest BCUT2D eigenvalue weighted by atomic mass is 10.0. The van der Waals surface area contributed by atoms with Crippen LogP contribution in [0.3, 0.4) is 0 Å². The fourth-order valence-corrected chi connectivity index (χ4v) is 2.57.